The van der Waals surface area contributed by atoms with Crippen LogP contribution in [0.5, 0.6) is 0 Å². The van der Waals surface area contributed by atoms with Gasteiger partial charge in [0.15, 0.2) is 0 Å². The van der Waals surface area contributed by atoms with Crippen LogP contribution in [0, 0.1) is 6.92 Å². The summed E-state index contributed by atoms with van der Waals surface area (Å²) in [5.74, 6) is 0. The molecule has 0 spiro atoms. The van der Waals surface area contributed by atoms with E-state index in [2.05, 4.69) is 0 Å². The van der Waals surface area contributed by atoms with Crippen LogP contribution in [0.25, 0.3) is 0 Å². The molecule has 0 amide bonds. The first-order valence-electron chi connectivity index (χ1n) is 4.43. The van der Waals surface area contributed by atoms with E-state index < -0.39 is 39.8 Å². The lowest BCUT2D eigenvalue weighted by atomic mass is 9.98. The van der Waals surface area contributed by atoms with Crippen LogP contribution in [0.1, 0.15) is 27.0 Å². The standard InChI is InChI=1S/C10H5ClF6O/c1-4-6(8(11)18)2-5(9(12,13)14)3-7(4)10(15,16)17/h2-3H,1H3. The number of alkyl halides is 6. The first-order valence-corrected chi connectivity index (χ1v) is 4.81. The number of hydrogen-bond acceptors (Lipinski definition) is 1. The lowest BCUT2D eigenvalue weighted by Gasteiger charge is -2.16. The minimum atomic E-state index is -4.99. The maximum Gasteiger partial charge on any atom is 0.416 e. The van der Waals surface area contributed by atoms with Gasteiger partial charge < -0.3 is 0 Å². The zero-order valence-electron chi connectivity index (χ0n) is 8.71. The normalized spacial score (nSPS) is 12.7. The average Bonchev–Trinajstić information content (AvgIpc) is 2.13. The molecular formula is C10H5ClF6O. The number of hydrogen-bond donors (Lipinski definition) is 0. The van der Waals surface area contributed by atoms with Crippen LogP contribution in [-0.2, 0) is 12.4 Å². The van der Waals surface area contributed by atoms with Crippen LogP contribution >= 0.6 is 11.6 Å². The molecule has 0 unspecified atom stereocenters. The molecule has 0 bridgehead atoms. The fourth-order valence-corrected chi connectivity index (χ4v) is 1.57. The number of halogens is 7. The fourth-order valence-electron chi connectivity index (χ4n) is 1.38. The molecule has 0 saturated carbocycles. The van der Waals surface area contributed by atoms with Crippen LogP contribution in [0.15, 0.2) is 12.1 Å². The molecule has 0 aliphatic heterocycles. The molecule has 1 aromatic carbocycles. The van der Waals surface area contributed by atoms with E-state index in [9.17, 15) is 31.1 Å². The summed E-state index contributed by atoms with van der Waals surface area (Å²) in [6, 6.07) is 0.262. The average molecular weight is 291 g/mol. The van der Waals surface area contributed by atoms with E-state index >= 15 is 0 Å². The molecule has 100 valence electrons. The summed E-state index contributed by atoms with van der Waals surface area (Å²) in [4.78, 5) is 10.9. The Morgan fingerprint density at radius 2 is 1.56 bits per heavy atom. The molecule has 1 nitrogen and oxygen atoms in total. The Morgan fingerprint density at radius 3 is 1.89 bits per heavy atom. The molecular weight excluding hydrogens is 286 g/mol. The van der Waals surface area contributed by atoms with Gasteiger partial charge in [0.25, 0.3) is 5.24 Å². The second-order valence-electron chi connectivity index (χ2n) is 3.47. The van der Waals surface area contributed by atoms with E-state index in [4.69, 9.17) is 11.6 Å². The van der Waals surface area contributed by atoms with Gasteiger partial charge in [-0.05, 0) is 36.2 Å². The predicted octanol–water partition coefficient (Wildman–Crippen LogP) is 4.41. The molecule has 1 aromatic rings. The molecule has 18 heavy (non-hydrogen) atoms. The zero-order valence-corrected chi connectivity index (χ0v) is 9.46. The topological polar surface area (TPSA) is 17.1 Å². The van der Waals surface area contributed by atoms with Crippen molar-refractivity contribution in [1.82, 2.24) is 0 Å². The van der Waals surface area contributed by atoms with Crippen LogP contribution in [0.3, 0.4) is 0 Å². The van der Waals surface area contributed by atoms with Crippen LogP contribution in [0.4, 0.5) is 26.3 Å². The van der Waals surface area contributed by atoms with Crippen molar-refractivity contribution >= 4 is 16.8 Å². The molecule has 0 atom stereocenters. The summed E-state index contributed by atoms with van der Waals surface area (Å²) in [5, 5.41) is -1.37. The molecule has 0 saturated heterocycles. The summed E-state index contributed by atoms with van der Waals surface area (Å²) in [6.07, 6.45) is -9.98. The molecule has 0 aliphatic rings. The third-order valence-electron chi connectivity index (χ3n) is 2.25. The number of rotatable bonds is 1. The Kier molecular flexibility index (Phi) is 3.67. The van der Waals surface area contributed by atoms with Gasteiger partial charge in [0.05, 0.1) is 11.1 Å². The molecule has 1 rings (SSSR count). The minimum Gasteiger partial charge on any atom is -0.276 e. The summed E-state index contributed by atoms with van der Waals surface area (Å²) >= 11 is 4.98. The predicted molar refractivity (Wildman–Crippen MR) is 51.4 cm³/mol. The van der Waals surface area contributed by atoms with Gasteiger partial charge in [-0.1, -0.05) is 0 Å². The summed E-state index contributed by atoms with van der Waals surface area (Å²) in [5.41, 5.74) is -4.53. The van der Waals surface area contributed by atoms with E-state index in [0.717, 1.165) is 6.92 Å². The number of benzene rings is 1. The van der Waals surface area contributed by atoms with Crippen molar-refractivity contribution in [1.29, 1.82) is 0 Å². The van der Waals surface area contributed by atoms with Crippen LogP contribution < -0.4 is 0 Å². The van der Waals surface area contributed by atoms with Gasteiger partial charge >= 0.3 is 12.4 Å². The molecule has 0 aromatic heterocycles. The Bertz CT molecular complexity index is 488. The minimum absolute atomic E-state index is 0.0430. The lowest BCUT2D eigenvalue weighted by molar-refractivity contribution is -0.143. The van der Waals surface area contributed by atoms with E-state index in [1.165, 1.54) is 0 Å². The zero-order chi connectivity index (χ0) is 14.3. The van der Waals surface area contributed by atoms with Gasteiger partial charge in [0.1, 0.15) is 0 Å². The summed E-state index contributed by atoms with van der Waals surface area (Å²) in [7, 11) is 0. The lowest BCUT2D eigenvalue weighted by Crippen LogP contribution is -2.15. The van der Waals surface area contributed by atoms with Crippen LogP contribution in [-0.4, -0.2) is 5.24 Å². The fraction of sp³-hybridized carbons (Fsp3) is 0.300. The van der Waals surface area contributed by atoms with Gasteiger partial charge in [-0.2, -0.15) is 26.3 Å². The SMILES string of the molecule is Cc1c(C(=O)Cl)cc(C(F)(F)F)cc1C(F)(F)F. The van der Waals surface area contributed by atoms with Crippen molar-refractivity contribution in [2.75, 3.05) is 0 Å². The van der Waals surface area contributed by atoms with Gasteiger partial charge in [-0.15, -0.1) is 0 Å². The highest BCUT2D eigenvalue weighted by molar-refractivity contribution is 6.67. The largest absolute Gasteiger partial charge is 0.416 e. The third-order valence-corrected chi connectivity index (χ3v) is 2.46. The van der Waals surface area contributed by atoms with Crippen molar-refractivity contribution in [2.24, 2.45) is 0 Å². The first kappa shape index (κ1) is 14.8. The van der Waals surface area contributed by atoms with Crippen molar-refractivity contribution in [3.05, 3.63) is 34.4 Å². The molecule has 0 radical (unpaired) electrons. The second kappa shape index (κ2) is 4.46. The van der Waals surface area contributed by atoms with E-state index in [1.807, 2.05) is 0 Å². The maximum absolute atomic E-state index is 12.5. The Hall–Kier alpha value is -1.24. The number of carbonyl (C=O) groups is 1. The Balaban J connectivity index is 3.63. The first-order chi connectivity index (χ1) is 7.94. The van der Waals surface area contributed by atoms with E-state index in [0.29, 0.717) is 6.07 Å². The summed E-state index contributed by atoms with van der Waals surface area (Å²) < 4.78 is 74.8. The van der Waals surface area contributed by atoms with Crippen molar-refractivity contribution in [3.63, 3.8) is 0 Å². The number of carbonyl (C=O) groups excluding carboxylic acids is 1. The van der Waals surface area contributed by atoms with Gasteiger partial charge in [-0.3, -0.25) is 4.79 Å². The Morgan fingerprint density at radius 1 is 1.06 bits per heavy atom. The van der Waals surface area contributed by atoms with E-state index in [-0.39, 0.29) is 6.07 Å². The monoisotopic (exact) mass is 290 g/mol. The smallest absolute Gasteiger partial charge is 0.276 e. The van der Waals surface area contributed by atoms with Gasteiger partial charge in [0, 0.05) is 5.56 Å². The maximum atomic E-state index is 12.5. The van der Waals surface area contributed by atoms with Crippen LogP contribution in [0.2, 0.25) is 0 Å². The van der Waals surface area contributed by atoms with Crippen molar-refractivity contribution in [2.45, 2.75) is 19.3 Å². The highest BCUT2D eigenvalue weighted by Crippen LogP contribution is 2.38. The Labute approximate surface area is 102 Å². The van der Waals surface area contributed by atoms with Crippen molar-refractivity contribution in [3.8, 4) is 0 Å². The van der Waals surface area contributed by atoms with Gasteiger partial charge in [0.2, 0.25) is 0 Å². The third kappa shape index (κ3) is 2.95. The van der Waals surface area contributed by atoms with E-state index in [1.54, 1.807) is 0 Å². The molecule has 8 heteroatoms. The molecule has 0 N–H and O–H groups in total. The van der Waals surface area contributed by atoms with Crippen molar-refractivity contribution < 1.29 is 31.1 Å². The molecule has 0 aliphatic carbocycles. The molecule has 0 heterocycles. The molecule has 0 fully saturated rings. The highest BCUT2D eigenvalue weighted by Gasteiger charge is 2.39. The summed E-state index contributed by atoms with van der Waals surface area (Å²) in [6.45, 7) is 0.887. The quantitative estimate of drug-likeness (QED) is 0.553. The van der Waals surface area contributed by atoms with Gasteiger partial charge in [-0.25, -0.2) is 0 Å². The highest BCUT2D eigenvalue weighted by atomic mass is 35.5. The second-order valence-corrected chi connectivity index (χ2v) is 3.81.